The van der Waals surface area contributed by atoms with Gasteiger partial charge in [0.25, 0.3) is 0 Å². The molecule has 0 saturated heterocycles. The van der Waals surface area contributed by atoms with E-state index in [1.54, 1.807) is 0 Å². The second-order valence-electron chi connectivity index (χ2n) is 4.99. The fourth-order valence-corrected chi connectivity index (χ4v) is 3.06. The molecule has 1 aromatic carbocycles. The van der Waals surface area contributed by atoms with Crippen LogP contribution in [0.1, 0.15) is 50.7 Å². The Hall–Kier alpha value is -0.546. The fourth-order valence-electron chi connectivity index (χ4n) is 2.03. The number of anilines is 1. The van der Waals surface area contributed by atoms with Crippen molar-refractivity contribution < 1.29 is 0 Å². The van der Waals surface area contributed by atoms with Gasteiger partial charge in [-0.05, 0) is 23.0 Å². The molecule has 0 atom stereocenters. The Morgan fingerprint density at radius 3 is 1.60 bits per heavy atom. The fraction of sp³-hybridized carbons (Fsp3) is 0.500. The third-order valence-corrected chi connectivity index (χ3v) is 3.68. The van der Waals surface area contributed by atoms with Crippen molar-refractivity contribution in [1.29, 1.82) is 0 Å². The lowest BCUT2D eigenvalue weighted by Crippen LogP contribution is -2.18. The van der Waals surface area contributed by atoms with Crippen molar-refractivity contribution in [2.75, 3.05) is 4.23 Å². The van der Waals surface area contributed by atoms with Gasteiger partial charge in [-0.3, -0.25) is 0 Å². The van der Waals surface area contributed by atoms with Gasteiger partial charge in [-0.25, -0.2) is 0 Å². The lowest BCUT2D eigenvalue weighted by molar-refractivity contribution is 0.836. The molecular weight excluding hydrogens is 214 g/mol. The Morgan fingerprint density at radius 1 is 0.933 bits per heavy atom. The zero-order chi connectivity index (χ0) is 11.6. The molecule has 0 bridgehead atoms. The summed E-state index contributed by atoms with van der Waals surface area (Å²) < 4.78 is 2.52. The summed E-state index contributed by atoms with van der Waals surface area (Å²) in [6.07, 6.45) is 0. The largest absolute Gasteiger partial charge is 0.439 e. The van der Waals surface area contributed by atoms with Crippen molar-refractivity contribution in [2.24, 2.45) is 0 Å². The van der Waals surface area contributed by atoms with Crippen LogP contribution in [0.3, 0.4) is 0 Å². The van der Waals surface area contributed by atoms with E-state index in [9.17, 15) is 0 Å². The van der Waals surface area contributed by atoms with Gasteiger partial charge < -0.3 is 4.23 Å². The normalized spacial score (nSPS) is 11.6. The lowest BCUT2D eigenvalue weighted by Gasteiger charge is -2.26. The number of hydrogen-bond acceptors (Lipinski definition) is 1. The van der Waals surface area contributed by atoms with Crippen LogP contribution in [0.15, 0.2) is 18.2 Å². The van der Waals surface area contributed by atoms with E-state index in [1.165, 1.54) is 16.8 Å². The summed E-state index contributed by atoms with van der Waals surface area (Å²) in [6, 6.07) is 6.78. The Balaban J connectivity index is 3.35. The van der Waals surface area contributed by atoms with Crippen LogP contribution in [-0.2, 0) is 0 Å². The average Bonchev–Trinajstić information content (AvgIpc) is 2.16. The highest BCUT2D eigenvalue weighted by Crippen LogP contribution is 2.33. The van der Waals surface area contributed by atoms with Gasteiger partial charge in [-0.1, -0.05) is 45.9 Å². The Bertz CT molecular complexity index is 306. The van der Waals surface area contributed by atoms with E-state index in [0.29, 0.717) is 11.8 Å². The van der Waals surface area contributed by atoms with Crippen LogP contribution < -0.4 is 4.23 Å². The Labute approximate surface area is 99.9 Å². The molecular formula is C12H23NSi2. The standard InChI is InChI=1S/C12H23NSi2/c1-8(2)10-6-5-7-11(9(3)4)12(10)13(14)15/h5-9H,1-4,14-15H3. The molecule has 0 N–H and O–H groups in total. The van der Waals surface area contributed by atoms with Crippen LogP contribution in [0.4, 0.5) is 5.69 Å². The molecule has 0 unspecified atom stereocenters. The van der Waals surface area contributed by atoms with E-state index in [0.717, 1.165) is 20.8 Å². The molecule has 0 saturated carbocycles. The molecule has 1 rings (SSSR count). The molecule has 15 heavy (non-hydrogen) atoms. The maximum absolute atomic E-state index is 2.52. The molecule has 0 amide bonds. The lowest BCUT2D eigenvalue weighted by atomic mass is 9.93. The molecule has 0 aromatic heterocycles. The van der Waals surface area contributed by atoms with E-state index in [2.05, 4.69) is 50.1 Å². The van der Waals surface area contributed by atoms with E-state index in [4.69, 9.17) is 0 Å². The summed E-state index contributed by atoms with van der Waals surface area (Å²) in [7, 11) is 2.28. The van der Waals surface area contributed by atoms with Gasteiger partial charge in [0.1, 0.15) is 0 Å². The van der Waals surface area contributed by atoms with E-state index in [1.807, 2.05) is 0 Å². The SMILES string of the molecule is CC(C)c1cccc(C(C)C)c1N([SiH3])[SiH3]. The first-order valence-corrected chi connectivity index (χ1v) is 7.54. The molecule has 3 heteroatoms. The van der Waals surface area contributed by atoms with Crippen LogP contribution in [-0.4, -0.2) is 20.8 Å². The van der Waals surface area contributed by atoms with Gasteiger partial charge >= 0.3 is 0 Å². The quantitative estimate of drug-likeness (QED) is 0.717. The number of rotatable bonds is 3. The highest BCUT2D eigenvalue weighted by molar-refractivity contribution is 6.42. The topological polar surface area (TPSA) is 3.24 Å². The second-order valence-corrected chi connectivity index (χ2v) is 9.46. The first-order chi connectivity index (χ1) is 6.95. The van der Waals surface area contributed by atoms with Crippen LogP contribution in [0.25, 0.3) is 0 Å². The van der Waals surface area contributed by atoms with Gasteiger partial charge in [-0.15, -0.1) is 0 Å². The number of benzene rings is 1. The second kappa shape index (κ2) is 4.99. The molecule has 0 spiro atoms. The zero-order valence-electron chi connectivity index (χ0n) is 10.8. The van der Waals surface area contributed by atoms with E-state index in [-0.39, 0.29) is 0 Å². The highest BCUT2D eigenvalue weighted by Gasteiger charge is 2.13. The highest BCUT2D eigenvalue weighted by atomic mass is 28.2. The number of hydrogen-bond donors (Lipinski definition) is 0. The molecule has 0 heterocycles. The minimum Gasteiger partial charge on any atom is -0.439 e. The minimum absolute atomic E-state index is 0.629. The van der Waals surface area contributed by atoms with Crippen molar-refractivity contribution in [2.45, 2.75) is 39.5 Å². The van der Waals surface area contributed by atoms with Crippen molar-refractivity contribution in [3.05, 3.63) is 29.3 Å². The van der Waals surface area contributed by atoms with Gasteiger partial charge in [0.15, 0.2) is 0 Å². The van der Waals surface area contributed by atoms with Crippen LogP contribution in [0.5, 0.6) is 0 Å². The number of nitrogens with zero attached hydrogens (tertiary/aromatic N) is 1. The maximum atomic E-state index is 2.52. The van der Waals surface area contributed by atoms with Crippen LogP contribution in [0.2, 0.25) is 0 Å². The molecule has 84 valence electrons. The molecule has 0 radical (unpaired) electrons. The summed E-state index contributed by atoms with van der Waals surface area (Å²) in [5.74, 6) is 1.26. The summed E-state index contributed by atoms with van der Waals surface area (Å²) in [5.41, 5.74) is 4.57. The predicted molar refractivity (Wildman–Crippen MR) is 77.0 cm³/mol. The van der Waals surface area contributed by atoms with Gasteiger partial charge in [-0.2, -0.15) is 0 Å². The monoisotopic (exact) mass is 237 g/mol. The van der Waals surface area contributed by atoms with E-state index >= 15 is 0 Å². The van der Waals surface area contributed by atoms with Gasteiger partial charge in [0.2, 0.25) is 0 Å². The summed E-state index contributed by atoms with van der Waals surface area (Å²) in [4.78, 5) is 0. The maximum Gasteiger partial charge on any atom is 0.0965 e. The summed E-state index contributed by atoms with van der Waals surface area (Å²) >= 11 is 0. The van der Waals surface area contributed by atoms with Crippen LogP contribution >= 0.6 is 0 Å². The summed E-state index contributed by atoms with van der Waals surface area (Å²) in [5, 5.41) is 0. The van der Waals surface area contributed by atoms with Gasteiger partial charge in [0.05, 0.1) is 20.8 Å². The molecule has 0 aliphatic rings. The average molecular weight is 237 g/mol. The van der Waals surface area contributed by atoms with Gasteiger partial charge in [0, 0.05) is 5.69 Å². The number of para-hydroxylation sites is 1. The first kappa shape index (κ1) is 12.5. The smallest absolute Gasteiger partial charge is 0.0965 e. The van der Waals surface area contributed by atoms with Crippen LogP contribution in [0, 0.1) is 0 Å². The molecule has 1 aromatic rings. The molecule has 1 nitrogen and oxygen atoms in total. The zero-order valence-corrected chi connectivity index (χ0v) is 14.8. The Kier molecular flexibility index (Phi) is 4.16. The van der Waals surface area contributed by atoms with Crippen molar-refractivity contribution in [3.63, 3.8) is 0 Å². The Morgan fingerprint density at radius 2 is 1.33 bits per heavy atom. The minimum atomic E-state index is 0.629. The molecule has 0 aliphatic heterocycles. The predicted octanol–water partition coefficient (Wildman–Crippen LogP) is 1.30. The van der Waals surface area contributed by atoms with Crippen molar-refractivity contribution >= 4 is 26.5 Å². The first-order valence-electron chi connectivity index (χ1n) is 5.75. The summed E-state index contributed by atoms with van der Waals surface area (Å²) in [6.45, 7) is 9.15. The molecule has 0 aliphatic carbocycles. The third-order valence-electron chi connectivity index (χ3n) is 2.79. The van der Waals surface area contributed by atoms with Crippen molar-refractivity contribution in [3.8, 4) is 0 Å². The van der Waals surface area contributed by atoms with Crippen molar-refractivity contribution in [1.82, 2.24) is 0 Å². The molecule has 0 fully saturated rings. The third kappa shape index (κ3) is 2.72. The van der Waals surface area contributed by atoms with E-state index < -0.39 is 0 Å².